The average molecular weight is 206 g/mol. The molecule has 0 aromatic heterocycles. The summed E-state index contributed by atoms with van der Waals surface area (Å²) in [5.74, 6) is 0.913. The van der Waals surface area contributed by atoms with Crippen LogP contribution >= 0.6 is 0 Å². The van der Waals surface area contributed by atoms with Crippen LogP contribution in [-0.4, -0.2) is 26.2 Å². The van der Waals surface area contributed by atoms with E-state index in [1.165, 1.54) is 5.56 Å². The van der Waals surface area contributed by atoms with Crippen LogP contribution in [0.15, 0.2) is 24.3 Å². The van der Waals surface area contributed by atoms with Crippen molar-refractivity contribution in [2.24, 2.45) is 0 Å². The Labute approximate surface area is 90.8 Å². The maximum atomic E-state index is 5.13. The molecule has 1 unspecified atom stereocenters. The number of nitrogens with one attached hydrogen (secondary N) is 2. The van der Waals surface area contributed by atoms with Gasteiger partial charge in [-0.1, -0.05) is 12.1 Å². The molecule has 1 aliphatic heterocycles. The maximum absolute atomic E-state index is 5.13. The van der Waals surface area contributed by atoms with Crippen molar-refractivity contribution in [1.29, 1.82) is 0 Å². The third kappa shape index (κ3) is 2.49. The molecule has 0 bridgehead atoms. The first-order valence-corrected chi connectivity index (χ1v) is 5.40. The Balaban J connectivity index is 1.94. The van der Waals surface area contributed by atoms with Crippen molar-refractivity contribution in [3.63, 3.8) is 0 Å². The summed E-state index contributed by atoms with van der Waals surface area (Å²) >= 11 is 0. The SMILES string of the molecule is COc1ccc(C(C)NC2CNC2)cc1. The summed E-state index contributed by atoms with van der Waals surface area (Å²) in [5.41, 5.74) is 1.31. The van der Waals surface area contributed by atoms with E-state index in [2.05, 4.69) is 29.7 Å². The highest BCUT2D eigenvalue weighted by Crippen LogP contribution is 2.17. The van der Waals surface area contributed by atoms with Gasteiger partial charge in [0, 0.05) is 25.2 Å². The van der Waals surface area contributed by atoms with Gasteiger partial charge in [-0.15, -0.1) is 0 Å². The van der Waals surface area contributed by atoms with Gasteiger partial charge in [0.15, 0.2) is 0 Å². The molecular formula is C12H18N2O. The Morgan fingerprint density at radius 3 is 2.47 bits per heavy atom. The maximum Gasteiger partial charge on any atom is 0.118 e. The molecule has 3 heteroatoms. The average Bonchev–Trinajstić information content (AvgIpc) is 2.23. The minimum atomic E-state index is 0.406. The number of rotatable bonds is 4. The molecule has 1 aromatic rings. The third-order valence-corrected chi connectivity index (χ3v) is 2.88. The van der Waals surface area contributed by atoms with Crippen LogP contribution in [0.1, 0.15) is 18.5 Å². The monoisotopic (exact) mass is 206 g/mol. The van der Waals surface area contributed by atoms with Crippen molar-refractivity contribution in [2.45, 2.75) is 19.0 Å². The van der Waals surface area contributed by atoms with Crippen LogP contribution in [0.3, 0.4) is 0 Å². The Hall–Kier alpha value is -1.06. The molecule has 0 amide bonds. The van der Waals surface area contributed by atoms with Gasteiger partial charge in [0.2, 0.25) is 0 Å². The molecule has 1 fully saturated rings. The van der Waals surface area contributed by atoms with Gasteiger partial charge in [-0.05, 0) is 24.6 Å². The van der Waals surface area contributed by atoms with E-state index in [9.17, 15) is 0 Å². The van der Waals surface area contributed by atoms with Gasteiger partial charge in [-0.25, -0.2) is 0 Å². The van der Waals surface area contributed by atoms with Crippen molar-refractivity contribution in [1.82, 2.24) is 10.6 Å². The number of hydrogen-bond acceptors (Lipinski definition) is 3. The van der Waals surface area contributed by atoms with Gasteiger partial charge in [0.05, 0.1) is 7.11 Å². The molecular weight excluding hydrogens is 188 g/mol. The molecule has 1 aromatic carbocycles. The molecule has 1 aliphatic rings. The van der Waals surface area contributed by atoms with Gasteiger partial charge in [0.1, 0.15) is 5.75 Å². The Morgan fingerprint density at radius 1 is 1.33 bits per heavy atom. The molecule has 2 N–H and O–H groups in total. The molecule has 0 saturated carbocycles. The van der Waals surface area contributed by atoms with Gasteiger partial charge in [-0.2, -0.15) is 0 Å². The van der Waals surface area contributed by atoms with Gasteiger partial charge >= 0.3 is 0 Å². The molecule has 0 radical (unpaired) electrons. The lowest BCUT2D eigenvalue weighted by atomic mass is 10.1. The summed E-state index contributed by atoms with van der Waals surface area (Å²) in [5, 5.41) is 6.82. The zero-order chi connectivity index (χ0) is 10.7. The van der Waals surface area contributed by atoms with Crippen LogP contribution in [0.25, 0.3) is 0 Å². The zero-order valence-electron chi connectivity index (χ0n) is 9.29. The first-order valence-electron chi connectivity index (χ1n) is 5.40. The zero-order valence-corrected chi connectivity index (χ0v) is 9.29. The summed E-state index contributed by atoms with van der Waals surface area (Å²) in [7, 11) is 1.69. The second kappa shape index (κ2) is 4.64. The summed E-state index contributed by atoms with van der Waals surface area (Å²) in [6.45, 7) is 4.36. The molecule has 82 valence electrons. The summed E-state index contributed by atoms with van der Waals surface area (Å²) in [6, 6.07) is 9.27. The molecule has 1 atom stereocenters. The molecule has 0 aliphatic carbocycles. The van der Waals surface area contributed by atoms with Crippen LogP contribution in [0.2, 0.25) is 0 Å². The van der Waals surface area contributed by atoms with Gasteiger partial charge < -0.3 is 15.4 Å². The van der Waals surface area contributed by atoms with E-state index in [0.29, 0.717) is 12.1 Å². The molecule has 2 rings (SSSR count). The lowest BCUT2D eigenvalue weighted by Crippen LogP contribution is -2.55. The van der Waals surface area contributed by atoms with Crippen LogP contribution < -0.4 is 15.4 Å². The molecule has 1 heterocycles. The molecule has 0 spiro atoms. The smallest absolute Gasteiger partial charge is 0.118 e. The predicted molar refractivity (Wildman–Crippen MR) is 61.2 cm³/mol. The Morgan fingerprint density at radius 2 is 2.00 bits per heavy atom. The summed E-state index contributed by atoms with van der Waals surface area (Å²) in [4.78, 5) is 0. The molecule has 3 nitrogen and oxygen atoms in total. The fraction of sp³-hybridized carbons (Fsp3) is 0.500. The van der Waals surface area contributed by atoms with E-state index < -0.39 is 0 Å². The van der Waals surface area contributed by atoms with Gasteiger partial charge in [0.25, 0.3) is 0 Å². The molecule has 15 heavy (non-hydrogen) atoms. The largest absolute Gasteiger partial charge is 0.497 e. The van der Waals surface area contributed by atoms with E-state index in [1.54, 1.807) is 7.11 Å². The van der Waals surface area contributed by atoms with Crippen molar-refractivity contribution < 1.29 is 4.74 Å². The highest BCUT2D eigenvalue weighted by atomic mass is 16.5. The quantitative estimate of drug-likeness (QED) is 0.779. The van der Waals surface area contributed by atoms with E-state index in [-0.39, 0.29) is 0 Å². The second-order valence-corrected chi connectivity index (χ2v) is 4.02. The highest BCUT2D eigenvalue weighted by molar-refractivity contribution is 5.28. The lowest BCUT2D eigenvalue weighted by Gasteiger charge is -2.31. The van der Waals surface area contributed by atoms with E-state index in [1.807, 2.05) is 12.1 Å². The fourth-order valence-corrected chi connectivity index (χ4v) is 1.75. The van der Waals surface area contributed by atoms with Crippen molar-refractivity contribution in [3.8, 4) is 5.75 Å². The fourth-order valence-electron chi connectivity index (χ4n) is 1.75. The van der Waals surface area contributed by atoms with E-state index in [4.69, 9.17) is 4.74 Å². The Kier molecular flexibility index (Phi) is 3.23. The Bertz CT molecular complexity index is 306. The minimum absolute atomic E-state index is 0.406. The summed E-state index contributed by atoms with van der Waals surface area (Å²) in [6.07, 6.45) is 0. The van der Waals surface area contributed by atoms with Crippen molar-refractivity contribution in [3.05, 3.63) is 29.8 Å². The second-order valence-electron chi connectivity index (χ2n) is 4.02. The predicted octanol–water partition coefficient (Wildman–Crippen LogP) is 1.32. The lowest BCUT2D eigenvalue weighted by molar-refractivity contribution is 0.338. The van der Waals surface area contributed by atoms with Crippen LogP contribution in [0, 0.1) is 0 Å². The van der Waals surface area contributed by atoms with Crippen molar-refractivity contribution in [2.75, 3.05) is 20.2 Å². The number of methoxy groups -OCH3 is 1. The third-order valence-electron chi connectivity index (χ3n) is 2.88. The topological polar surface area (TPSA) is 33.3 Å². The highest BCUT2D eigenvalue weighted by Gasteiger charge is 2.18. The number of ether oxygens (including phenoxy) is 1. The van der Waals surface area contributed by atoms with Crippen LogP contribution in [0.4, 0.5) is 0 Å². The van der Waals surface area contributed by atoms with E-state index >= 15 is 0 Å². The first kappa shape index (κ1) is 10.5. The number of hydrogen-bond donors (Lipinski definition) is 2. The standard InChI is InChI=1S/C12H18N2O/c1-9(14-11-7-13-8-11)10-3-5-12(15-2)6-4-10/h3-6,9,11,13-14H,7-8H2,1-2H3. The van der Waals surface area contributed by atoms with Crippen LogP contribution in [0.5, 0.6) is 5.75 Å². The number of benzene rings is 1. The van der Waals surface area contributed by atoms with Crippen molar-refractivity contribution >= 4 is 0 Å². The minimum Gasteiger partial charge on any atom is -0.497 e. The summed E-state index contributed by atoms with van der Waals surface area (Å²) < 4.78 is 5.13. The van der Waals surface area contributed by atoms with E-state index in [0.717, 1.165) is 18.8 Å². The first-order chi connectivity index (χ1) is 7.29. The normalized spacial score (nSPS) is 18.3. The van der Waals surface area contributed by atoms with Gasteiger partial charge in [-0.3, -0.25) is 0 Å². The molecule has 1 saturated heterocycles. The van der Waals surface area contributed by atoms with Crippen LogP contribution in [-0.2, 0) is 0 Å².